The predicted molar refractivity (Wildman–Crippen MR) is 258 cm³/mol. The first-order valence-corrected chi connectivity index (χ1v) is 24.2. The number of piperidine rings is 2. The minimum atomic E-state index is -1.02. The van der Waals surface area contributed by atoms with Gasteiger partial charge in [-0.15, -0.1) is 0 Å². The van der Waals surface area contributed by atoms with E-state index in [0.717, 1.165) is 83.6 Å². The number of benzene rings is 3. The normalized spacial score (nSPS) is 19.4. The molecule has 1 aliphatic carbocycles. The number of ether oxygens (including phenoxy) is 3. The van der Waals surface area contributed by atoms with E-state index in [1.165, 1.54) is 11.3 Å². The highest BCUT2D eigenvalue weighted by Gasteiger charge is 2.46. The molecule has 17 heteroatoms. The zero-order chi connectivity index (χ0) is 48.4. The molecule has 0 bridgehead atoms. The summed E-state index contributed by atoms with van der Waals surface area (Å²) in [5.74, 6) is -2.05. The van der Waals surface area contributed by atoms with Crippen LogP contribution in [-0.4, -0.2) is 153 Å². The Kier molecular flexibility index (Phi) is 14.0. The summed E-state index contributed by atoms with van der Waals surface area (Å²) in [6.07, 6.45) is 3.36. The van der Waals surface area contributed by atoms with Crippen LogP contribution in [0, 0.1) is 6.57 Å². The number of anilines is 2. The molecule has 0 spiro atoms. The summed E-state index contributed by atoms with van der Waals surface area (Å²) >= 11 is 0. The van der Waals surface area contributed by atoms with Gasteiger partial charge in [0.2, 0.25) is 17.7 Å². The molecule has 3 N–H and O–H groups in total. The third kappa shape index (κ3) is 9.38. The number of aromatic nitrogens is 1. The molecule has 0 radical (unpaired) electrons. The van der Waals surface area contributed by atoms with Crippen molar-refractivity contribution in [3.05, 3.63) is 99.0 Å². The molecule has 9 rings (SSSR count). The quantitative estimate of drug-likeness (QED) is 0.0714. The number of nitrogens with one attached hydrogen (secondary N) is 3. The number of H-pyrrole nitrogens is 1. The Hall–Kier alpha value is -6.45. The van der Waals surface area contributed by atoms with Crippen LogP contribution in [-0.2, 0) is 40.4 Å². The maximum atomic E-state index is 14.1. The second kappa shape index (κ2) is 20.3. The summed E-state index contributed by atoms with van der Waals surface area (Å²) in [5, 5.41) is 6.23. The van der Waals surface area contributed by atoms with Crippen molar-refractivity contribution in [1.82, 2.24) is 25.0 Å². The predicted octanol–water partition coefficient (Wildman–Crippen LogP) is 5.22. The van der Waals surface area contributed by atoms with Crippen LogP contribution in [0.4, 0.5) is 17.1 Å². The number of ketones is 1. The summed E-state index contributed by atoms with van der Waals surface area (Å²) in [7, 11) is 0. The number of carbonyl (C=O) groups excluding carboxylic acids is 6. The van der Waals surface area contributed by atoms with Crippen molar-refractivity contribution in [3.63, 3.8) is 0 Å². The Morgan fingerprint density at radius 2 is 1.55 bits per heavy atom. The molecular weight excluding hydrogens is 881 g/mol. The lowest BCUT2D eigenvalue weighted by atomic mass is 9.70. The van der Waals surface area contributed by atoms with Crippen LogP contribution in [0.15, 0.2) is 48.5 Å². The van der Waals surface area contributed by atoms with Gasteiger partial charge in [-0.3, -0.25) is 43.9 Å². The van der Waals surface area contributed by atoms with Gasteiger partial charge in [0, 0.05) is 97.2 Å². The zero-order valence-corrected chi connectivity index (χ0v) is 39.6. The van der Waals surface area contributed by atoms with E-state index in [-0.39, 0.29) is 35.7 Å². The van der Waals surface area contributed by atoms with Crippen molar-refractivity contribution in [1.29, 1.82) is 0 Å². The van der Waals surface area contributed by atoms with Gasteiger partial charge in [-0.25, -0.2) is 4.85 Å². The van der Waals surface area contributed by atoms with Crippen molar-refractivity contribution in [2.24, 2.45) is 0 Å². The number of piperazine rings is 1. The van der Waals surface area contributed by atoms with Gasteiger partial charge in [-0.05, 0) is 67.1 Å². The average Bonchev–Trinajstić information content (AvgIpc) is 3.88. The van der Waals surface area contributed by atoms with Gasteiger partial charge in [0.25, 0.3) is 11.8 Å². The Bertz CT molecular complexity index is 2720. The lowest BCUT2D eigenvalue weighted by Crippen LogP contribution is -2.54. The van der Waals surface area contributed by atoms with Crippen LogP contribution in [0.2, 0.25) is 0 Å². The Labute approximate surface area is 401 Å². The molecule has 0 saturated carbocycles. The molecular formula is C52H60N8O9. The molecule has 3 fully saturated rings. The number of amides is 5. The fraction of sp³-hybridized carbons (Fsp3) is 0.481. The minimum absolute atomic E-state index is 0.0419. The number of aryl methyl sites for hydroxylation is 1. The second-order valence-corrected chi connectivity index (χ2v) is 18.9. The van der Waals surface area contributed by atoms with Gasteiger partial charge in [0.1, 0.15) is 6.04 Å². The lowest BCUT2D eigenvalue weighted by molar-refractivity contribution is -0.136. The number of nitrogens with zero attached hydrogens (tertiary/aromatic N) is 5. The summed E-state index contributed by atoms with van der Waals surface area (Å²) < 4.78 is 17.0. The minimum Gasteiger partial charge on any atom is -0.382 e. The number of imide groups is 2. The van der Waals surface area contributed by atoms with Crippen LogP contribution >= 0.6 is 0 Å². The van der Waals surface area contributed by atoms with Crippen LogP contribution in [0.1, 0.15) is 106 Å². The third-order valence-corrected chi connectivity index (χ3v) is 14.5. The highest BCUT2D eigenvalue weighted by Crippen LogP contribution is 2.46. The Morgan fingerprint density at radius 1 is 0.826 bits per heavy atom. The number of carbonyl (C=O) groups is 6. The van der Waals surface area contributed by atoms with E-state index >= 15 is 0 Å². The molecule has 3 saturated heterocycles. The monoisotopic (exact) mass is 940 g/mol. The van der Waals surface area contributed by atoms with E-state index in [9.17, 15) is 28.8 Å². The summed E-state index contributed by atoms with van der Waals surface area (Å²) in [5.41, 5.74) is 7.66. The molecule has 4 aliphatic heterocycles. The van der Waals surface area contributed by atoms with Gasteiger partial charge in [-0.2, -0.15) is 0 Å². The highest BCUT2D eigenvalue weighted by atomic mass is 16.5. The maximum absolute atomic E-state index is 14.1. The first kappa shape index (κ1) is 47.6. The second-order valence-electron chi connectivity index (χ2n) is 18.9. The van der Waals surface area contributed by atoms with E-state index in [2.05, 4.69) is 63.2 Å². The molecule has 362 valence electrons. The number of rotatable bonds is 17. The number of aromatic amines is 1. The van der Waals surface area contributed by atoms with Gasteiger partial charge in [0.15, 0.2) is 11.5 Å². The lowest BCUT2D eigenvalue weighted by Gasteiger charge is -2.44. The first-order valence-electron chi connectivity index (χ1n) is 24.2. The van der Waals surface area contributed by atoms with Crippen LogP contribution in [0.5, 0.6) is 0 Å². The van der Waals surface area contributed by atoms with Crippen molar-refractivity contribution >= 4 is 63.3 Å². The van der Waals surface area contributed by atoms with Crippen LogP contribution in [0.3, 0.4) is 0 Å². The third-order valence-electron chi connectivity index (χ3n) is 14.5. The zero-order valence-electron chi connectivity index (χ0n) is 39.6. The van der Waals surface area contributed by atoms with Gasteiger partial charge in [0.05, 0.1) is 69.3 Å². The van der Waals surface area contributed by atoms with Gasteiger partial charge < -0.3 is 34.3 Å². The largest absolute Gasteiger partial charge is 0.382 e. The SMILES string of the molecule is [C-]#[N+]c1ccc2c3c([nH]c2c1)C(C)(C)c1cc(N2CCC(N4CCN(C(=O)CCOCCOCCOCCNc5cccc6c5C(=O)N(C5CCC(=O)NC5=O)C6=O)CC4)CC2)c(CC)cc1C3=O. The summed E-state index contributed by atoms with van der Waals surface area (Å²) in [4.78, 5) is 92.6. The summed E-state index contributed by atoms with van der Waals surface area (Å²) in [6, 6.07) is 14.3. The number of fused-ring (bicyclic) bond motifs is 5. The number of hydrogen-bond donors (Lipinski definition) is 3. The van der Waals surface area contributed by atoms with Crippen LogP contribution in [0.25, 0.3) is 15.7 Å². The fourth-order valence-electron chi connectivity index (χ4n) is 10.7. The smallest absolute Gasteiger partial charge is 0.264 e. The van der Waals surface area contributed by atoms with Crippen molar-refractivity contribution in [2.45, 2.75) is 76.8 Å². The van der Waals surface area contributed by atoms with E-state index < -0.39 is 35.1 Å². The van der Waals surface area contributed by atoms with Crippen LogP contribution < -0.4 is 15.5 Å². The summed E-state index contributed by atoms with van der Waals surface area (Å²) in [6.45, 7) is 21.4. The Balaban J connectivity index is 0.644. The van der Waals surface area contributed by atoms with Gasteiger partial charge >= 0.3 is 0 Å². The van der Waals surface area contributed by atoms with Gasteiger partial charge in [-0.1, -0.05) is 39.0 Å². The van der Waals surface area contributed by atoms with E-state index in [1.807, 2.05) is 17.0 Å². The molecule has 1 atom stereocenters. The molecule has 1 aromatic heterocycles. The number of hydrogen-bond acceptors (Lipinski definition) is 12. The maximum Gasteiger partial charge on any atom is 0.264 e. The average molecular weight is 941 g/mol. The fourth-order valence-corrected chi connectivity index (χ4v) is 10.7. The topological polar surface area (TPSA) is 187 Å². The Morgan fingerprint density at radius 3 is 2.26 bits per heavy atom. The molecule has 3 aromatic carbocycles. The molecule has 17 nitrogen and oxygen atoms in total. The molecule has 69 heavy (non-hydrogen) atoms. The molecule has 5 aliphatic rings. The molecule has 5 heterocycles. The van der Waals surface area contributed by atoms with Crippen molar-refractivity contribution < 1.29 is 43.0 Å². The van der Waals surface area contributed by atoms with E-state index in [0.29, 0.717) is 83.1 Å². The van der Waals surface area contributed by atoms with Crippen molar-refractivity contribution in [2.75, 3.05) is 95.7 Å². The first-order chi connectivity index (χ1) is 33.4. The molecule has 5 amide bonds. The highest BCUT2D eigenvalue weighted by molar-refractivity contribution is 6.25. The standard InChI is InChI=1S/C52H60N8O9/c1-5-32-29-37-38(52(2,3)48-46(47(37)63)35-10-9-33(53-4)30-40(35)55-48)31-42(32)58-17-13-34(14-18-58)57-19-21-59(22-20-57)44(62)15-23-67-25-27-69-28-26-68-24-16-54-39-8-6-7-36-45(39)51(66)60(50(36)65)41-11-12-43(61)56-49(41)64/h6-10,29-31,34,41,54-55H,5,11-28H2,1-3H3,(H,56,61,64). The van der Waals surface area contributed by atoms with Crippen molar-refractivity contribution in [3.8, 4) is 0 Å². The molecule has 4 aromatic rings. The van der Waals surface area contributed by atoms with E-state index in [1.54, 1.807) is 24.3 Å². The van der Waals surface area contributed by atoms with E-state index in [4.69, 9.17) is 20.8 Å². The molecule has 1 unspecified atom stereocenters.